The van der Waals surface area contributed by atoms with Gasteiger partial charge in [0, 0.05) is 17.7 Å². The number of hydrogen-bond donors (Lipinski definition) is 1. The fourth-order valence-corrected chi connectivity index (χ4v) is 4.40. The van der Waals surface area contributed by atoms with Gasteiger partial charge in [-0.3, -0.25) is 4.79 Å². The number of carbonyl (C=O) groups is 1. The number of halogens is 1. The molecule has 5 heteroatoms. The van der Waals surface area contributed by atoms with Crippen LogP contribution in [0.4, 0.5) is 0 Å². The lowest BCUT2D eigenvalue weighted by molar-refractivity contribution is -0.157. The summed E-state index contributed by atoms with van der Waals surface area (Å²) in [6, 6.07) is 17.7. The highest BCUT2D eigenvalue weighted by Crippen LogP contribution is 2.43. The fraction of sp³-hybridized carbons (Fsp3) is 0.435. The van der Waals surface area contributed by atoms with Crippen molar-refractivity contribution in [3.05, 3.63) is 70.2 Å². The molecule has 0 bridgehead atoms. The van der Waals surface area contributed by atoms with Crippen molar-refractivity contribution in [3.63, 3.8) is 0 Å². The molecule has 28 heavy (non-hydrogen) atoms. The van der Waals surface area contributed by atoms with E-state index in [1.807, 2.05) is 61.5 Å². The number of aliphatic hydroxyl groups is 1. The highest BCUT2D eigenvalue weighted by atomic mass is 79.9. The molecule has 1 N–H and O–H groups in total. The first-order chi connectivity index (χ1) is 13.6. The van der Waals surface area contributed by atoms with Crippen LogP contribution in [0.3, 0.4) is 0 Å². The summed E-state index contributed by atoms with van der Waals surface area (Å²) in [7, 11) is 0. The van der Waals surface area contributed by atoms with Crippen LogP contribution in [-0.4, -0.2) is 30.4 Å². The summed E-state index contributed by atoms with van der Waals surface area (Å²) in [4.78, 5) is 13.1. The van der Waals surface area contributed by atoms with Crippen LogP contribution < -0.4 is 0 Å². The molecule has 0 amide bonds. The van der Waals surface area contributed by atoms with Gasteiger partial charge in [0.2, 0.25) is 0 Å². The van der Waals surface area contributed by atoms with E-state index in [9.17, 15) is 9.90 Å². The van der Waals surface area contributed by atoms with Crippen molar-refractivity contribution >= 4 is 21.9 Å². The average Bonchev–Trinajstić information content (AvgIpc) is 2.73. The molecule has 1 aliphatic carbocycles. The Morgan fingerprint density at radius 3 is 2.46 bits per heavy atom. The molecule has 4 nitrogen and oxygen atoms in total. The van der Waals surface area contributed by atoms with Crippen molar-refractivity contribution in [2.24, 2.45) is 11.8 Å². The molecule has 150 valence electrons. The minimum absolute atomic E-state index is 0.0361. The van der Waals surface area contributed by atoms with Gasteiger partial charge in [0.25, 0.3) is 0 Å². The molecule has 2 aromatic rings. The smallest absolute Gasteiger partial charge is 0.310 e. The van der Waals surface area contributed by atoms with E-state index < -0.39 is 0 Å². The molecule has 0 aromatic heterocycles. The molecule has 0 aliphatic heterocycles. The Kier molecular flexibility index (Phi) is 7.65. The minimum atomic E-state index is -0.383. The highest BCUT2D eigenvalue weighted by Gasteiger charge is 2.43. The van der Waals surface area contributed by atoms with Gasteiger partial charge in [0.05, 0.1) is 12.0 Å². The Morgan fingerprint density at radius 2 is 1.82 bits per heavy atom. The lowest BCUT2D eigenvalue weighted by Gasteiger charge is -2.40. The second-order valence-corrected chi connectivity index (χ2v) is 8.18. The van der Waals surface area contributed by atoms with Crippen LogP contribution in [0.1, 0.15) is 36.8 Å². The van der Waals surface area contributed by atoms with E-state index in [0.29, 0.717) is 13.0 Å². The van der Waals surface area contributed by atoms with Gasteiger partial charge in [-0.15, -0.1) is 0 Å². The third kappa shape index (κ3) is 5.22. The molecule has 0 unspecified atom stereocenters. The predicted octanol–water partition coefficient (Wildman–Crippen LogP) is 4.70. The Morgan fingerprint density at radius 1 is 1.11 bits per heavy atom. The number of rotatable bonds is 7. The quantitative estimate of drug-likeness (QED) is 0.626. The minimum Gasteiger partial charge on any atom is -0.461 e. The van der Waals surface area contributed by atoms with E-state index >= 15 is 0 Å². The van der Waals surface area contributed by atoms with Crippen molar-refractivity contribution in [3.8, 4) is 0 Å². The van der Waals surface area contributed by atoms with Gasteiger partial charge >= 0.3 is 5.97 Å². The summed E-state index contributed by atoms with van der Waals surface area (Å²) in [5.74, 6) is -0.849. The van der Waals surface area contributed by atoms with E-state index in [2.05, 4.69) is 15.9 Å². The molecule has 4 atom stereocenters. The van der Waals surface area contributed by atoms with Crippen molar-refractivity contribution in [2.45, 2.75) is 38.4 Å². The van der Waals surface area contributed by atoms with Crippen molar-refractivity contribution in [1.29, 1.82) is 0 Å². The maximum absolute atomic E-state index is 13.1. The van der Waals surface area contributed by atoms with Gasteiger partial charge in [0.15, 0.2) is 0 Å². The van der Waals surface area contributed by atoms with E-state index in [0.717, 1.165) is 22.0 Å². The largest absolute Gasteiger partial charge is 0.461 e. The zero-order valence-electron chi connectivity index (χ0n) is 16.1. The molecule has 0 radical (unpaired) electrons. The zero-order chi connectivity index (χ0) is 19.9. The fourth-order valence-electron chi connectivity index (χ4n) is 4.13. The summed E-state index contributed by atoms with van der Waals surface area (Å²) in [5, 5.41) is 10.0. The van der Waals surface area contributed by atoms with Gasteiger partial charge in [-0.1, -0.05) is 58.4 Å². The normalized spacial score (nSPS) is 24.7. The molecule has 0 saturated heterocycles. The molecule has 2 aromatic carbocycles. The Labute approximate surface area is 175 Å². The molecular weight excluding hydrogens is 420 g/mol. The molecule has 0 heterocycles. The monoisotopic (exact) mass is 446 g/mol. The van der Waals surface area contributed by atoms with Gasteiger partial charge in [-0.25, -0.2) is 0 Å². The van der Waals surface area contributed by atoms with E-state index in [1.54, 1.807) is 0 Å². The Bertz CT molecular complexity index is 747. The van der Waals surface area contributed by atoms with Crippen LogP contribution in [0.5, 0.6) is 0 Å². The Hall–Kier alpha value is -1.69. The second kappa shape index (κ2) is 10.2. The van der Waals surface area contributed by atoms with E-state index in [1.165, 1.54) is 0 Å². The highest BCUT2D eigenvalue weighted by molar-refractivity contribution is 9.10. The van der Waals surface area contributed by atoms with Gasteiger partial charge < -0.3 is 14.6 Å². The number of benzene rings is 2. The number of carbonyl (C=O) groups excluding carboxylic acids is 1. The first-order valence-corrected chi connectivity index (χ1v) is 10.6. The molecule has 0 spiro atoms. The second-order valence-electron chi connectivity index (χ2n) is 7.27. The molecule has 1 fully saturated rings. The van der Waals surface area contributed by atoms with Gasteiger partial charge in [-0.05, 0) is 54.9 Å². The average molecular weight is 447 g/mol. The number of aliphatic hydroxyl groups excluding tert-OH is 1. The molecule has 1 saturated carbocycles. The third-order valence-electron chi connectivity index (χ3n) is 5.45. The third-order valence-corrected chi connectivity index (χ3v) is 5.98. The molecule has 3 rings (SSSR count). The van der Waals surface area contributed by atoms with Crippen molar-refractivity contribution in [2.75, 3.05) is 13.2 Å². The first kappa shape index (κ1) is 21.0. The standard InChI is InChI=1S/C23H27BrO4/c1-2-27-20-12-18(14-25)22(21(13-20)17-8-10-19(24)11-9-17)23(26)28-15-16-6-4-3-5-7-16/h3-11,18,20-22,25H,2,12-15H2,1H3/t18-,20-,21+,22-/m1/s1. The number of esters is 1. The summed E-state index contributed by atoms with van der Waals surface area (Å²) in [6.07, 6.45) is 1.45. The van der Waals surface area contributed by atoms with Crippen LogP contribution in [0.2, 0.25) is 0 Å². The van der Waals surface area contributed by atoms with Crippen molar-refractivity contribution in [1.82, 2.24) is 0 Å². The van der Waals surface area contributed by atoms with Crippen LogP contribution in [0.25, 0.3) is 0 Å². The SMILES string of the molecule is CCO[C@@H]1C[C@H](CO)[C@@H](C(=O)OCc2ccccc2)[C@H](c2ccc(Br)cc2)C1. The zero-order valence-corrected chi connectivity index (χ0v) is 17.7. The van der Waals surface area contributed by atoms with Crippen LogP contribution in [0.15, 0.2) is 59.1 Å². The first-order valence-electron chi connectivity index (χ1n) is 9.80. The maximum Gasteiger partial charge on any atom is 0.310 e. The van der Waals surface area contributed by atoms with Crippen molar-refractivity contribution < 1.29 is 19.4 Å². The van der Waals surface area contributed by atoms with Crippen LogP contribution in [0, 0.1) is 11.8 Å². The molecule has 1 aliphatic rings. The number of ether oxygens (including phenoxy) is 2. The maximum atomic E-state index is 13.1. The van der Waals surface area contributed by atoms with Gasteiger partial charge in [0.1, 0.15) is 6.61 Å². The summed E-state index contributed by atoms with van der Waals surface area (Å²) < 4.78 is 12.5. The number of hydrogen-bond acceptors (Lipinski definition) is 4. The predicted molar refractivity (Wildman–Crippen MR) is 112 cm³/mol. The lowest BCUT2D eigenvalue weighted by atomic mass is 9.68. The summed E-state index contributed by atoms with van der Waals surface area (Å²) >= 11 is 3.47. The summed E-state index contributed by atoms with van der Waals surface area (Å²) in [6.45, 7) is 2.79. The van der Waals surface area contributed by atoms with Gasteiger partial charge in [-0.2, -0.15) is 0 Å². The topological polar surface area (TPSA) is 55.8 Å². The van der Waals surface area contributed by atoms with E-state index in [-0.39, 0.29) is 43.0 Å². The van der Waals surface area contributed by atoms with Crippen LogP contribution >= 0.6 is 15.9 Å². The Balaban J connectivity index is 1.82. The van der Waals surface area contributed by atoms with Crippen LogP contribution in [-0.2, 0) is 20.9 Å². The molecular formula is C23H27BrO4. The van der Waals surface area contributed by atoms with E-state index in [4.69, 9.17) is 9.47 Å². The lowest BCUT2D eigenvalue weighted by Crippen LogP contribution is -2.41. The summed E-state index contributed by atoms with van der Waals surface area (Å²) in [5.41, 5.74) is 2.03.